The molecule has 11 heteroatoms. The zero-order valence-electron chi connectivity index (χ0n) is 17.9. The molecule has 33 heavy (non-hydrogen) atoms. The second kappa shape index (κ2) is 8.49. The number of para-hydroxylation sites is 1. The van der Waals surface area contributed by atoms with E-state index in [0.29, 0.717) is 62.5 Å². The average molecular weight is 469 g/mol. The molecule has 5 rings (SSSR count). The average Bonchev–Trinajstić information content (AvgIpc) is 2.83. The number of carboxylic acid groups (broad SMARTS) is 1. The van der Waals surface area contributed by atoms with Crippen molar-refractivity contribution in [3.05, 3.63) is 59.7 Å². The van der Waals surface area contributed by atoms with Gasteiger partial charge in [-0.1, -0.05) is 36.4 Å². The van der Waals surface area contributed by atoms with E-state index in [0.717, 1.165) is 5.56 Å². The van der Waals surface area contributed by atoms with Crippen molar-refractivity contribution in [1.82, 2.24) is 19.2 Å². The van der Waals surface area contributed by atoms with Crippen molar-refractivity contribution in [3.8, 4) is 0 Å². The maximum Gasteiger partial charge on any atom is 0.407 e. The summed E-state index contributed by atoms with van der Waals surface area (Å²) in [5.41, 5.74) is 2.78. The SMILES string of the molecule is O=C(O)N1CCN(c2nc(NS(=O)(=O)N3CCc4ccccc4C3)c3ccccc3n2)CC1. The number of amides is 1. The van der Waals surface area contributed by atoms with Gasteiger partial charge in [0.05, 0.1) is 5.52 Å². The molecular weight excluding hydrogens is 444 g/mol. The molecule has 0 bridgehead atoms. The van der Waals surface area contributed by atoms with Crippen LogP contribution in [0.1, 0.15) is 11.1 Å². The summed E-state index contributed by atoms with van der Waals surface area (Å²) < 4.78 is 30.7. The van der Waals surface area contributed by atoms with Crippen LogP contribution in [0, 0.1) is 0 Å². The van der Waals surface area contributed by atoms with E-state index in [4.69, 9.17) is 0 Å². The number of rotatable bonds is 4. The fraction of sp³-hybridized carbons (Fsp3) is 0.318. The summed E-state index contributed by atoms with van der Waals surface area (Å²) in [7, 11) is -3.85. The lowest BCUT2D eigenvalue weighted by atomic mass is 10.0. The van der Waals surface area contributed by atoms with Gasteiger partial charge >= 0.3 is 16.3 Å². The number of benzene rings is 2. The molecule has 2 N–H and O–H groups in total. The number of anilines is 2. The van der Waals surface area contributed by atoms with Crippen LogP contribution in [0.4, 0.5) is 16.6 Å². The molecule has 3 heterocycles. The maximum atomic E-state index is 13.3. The first kappa shape index (κ1) is 21.4. The summed E-state index contributed by atoms with van der Waals surface area (Å²) in [5, 5.41) is 9.79. The number of piperazine rings is 1. The number of carbonyl (C=O) groups is 1. The molecule has 1 amide bonds. The second-order valence-electron chi connectivity index (χ2n) is 8.11. The van der Waals surface area contributed by atoms with Crippen LogP contribution in [0.25, 0.3) is 10.9 Å². The number of aromatic nitrogens is 2. The Morgan fingerprint density at radius 2 is 1.61 bits per heavy atom. The van der Waals surface area contributed by atoms with Crippen molar-refractivity contribution in [1.29, 1.82) is 0 Å². The lowest BCUT2D eigenvalue weighted by molar-refractivity contribution is 0.142. The molecule has 0 saturated carbocycles. The molecule has 1 saturated heterocycles. The molecule has 0 aliphatic carbocycles. The summed E-state index contributed by atoms with van der Waals surface area (Å²) in [6.45, 7) is 2.22. The van der Waals surface area contributed by atoms with Crippen molar-refractivity contribution in [3.63, 3.8) is 0 Å². The summed E-state index contributed by atoms with van der Waals surface area (Å²) in [6, 6.07) is 15.1. The summed E-state index contributed by atoms with van der Waals surface area (Å²) in [4.78, 5) is 23.6. The van der Waals surface area contributed by atoms with Gasteiger partial charge in [-0.3, -0.25) is 4.72 Å². The van der Waals surface area contributed by atoms with E-state index in [1.165, 1.54) is 14.8 Å². The Hall–Kier alpha value is -3.44. The van der Waals surface area contributed by atoms with Crippen molar-refractivity contribution in [2.45, 2.75) is 13.0 Å². The van der Waals surface area contributed by atoms with Gasteiger partial charge in [-0.05, 0) is 29.7 Å². The number of nitrogens with zero attached hydrogens (tertiary/aromatic N) is 5. The van der Waals surface area contributed by atoms with E-state index in [9.17, 15) is 18.3 Å². The molecule has 0 radical (unpaired) electrons. The number of hydrogen-bond acceptors (Lipinski definition) is 6. The Labute approximate surface area is 191 Å². The molecule has 0 spiro atoms. The van der Waals surface area contributed by atoms with E-state index in [2.05, 4.69) is 14.7 Å². The Bertz CT molecular complexity index is 1310. The fourth-order valence-electron chi connectivity index (χ4n) is 4.24. The van der Waals surface area contributed by atoms with Crippen LogP contribution in [0.2, 0.25) is 0 Å². The molecule has 2 aliphatic rings. The number of nitrogens with one attached hydrogen (secondary N) is 1. The van der Waals surface area contributed by atoms with Crippen LogP contribution in [-0.2, 0) is 23.2 Å². The molecule has 3 aromatic rings. The highest BCUT2D eigenvalue weighted by Crippen LogP contribution is 2.27. The smallest absolute Gasteiger partial charge is 0.407 e. The number of fused-ring (bicyclic) bond motifs is 2. The van der Waals surface area contributed by atoms with E-state index in [1.807, 2.05) is 47.4 Å². The van der Waals surface area contributed by atoms with Gasteiger partial charge in [-0.25, -0.2) is 9.78 Å². The zero-order valence-corrected chi connectivity index (χ0v) is 18.7. The molecule has 2 aliphatic heterocycles. The van der Waals surface area contributed by atoms with Gasteiger partial charge in [-0.2, -0.15) is 17.7 Å². The molecular formula is C22H24N6O4S. The van der Waals surface area contributed by atoms with Gasteiger partial charge in [-0.15, -0.1) is 0 Å². The van der Waals surface area contributed by atoms with Crippen molar-refractivity contribution in [2.75, 3.05) is 42.3 Å². The number of hydrogen-bond donors (Lipinski definition) is 2. The fourth-order valence-corrected chi connectivity index (χ4v) is 5.41. The maximum absolute atomic E-state index is 13.3. The van der Waals surface area contributed by atoms with Crippen LogP contribution >= 0.6 is 0 Å². The lowest BCUT2D eigenvalue weighted by Gasteiger charge is -2.33. The van der Waals surface area contributed by atoms with Gasteiger partial charge in [0, 0.05) is 44.7 Å². The van der Waals surface area contributed by atoms with Crippen LogP contribution in [-0.4, -0.2) is 71.5 Å². The standard InChI is InChI=1S/C22H24N6O4S/c29-22(30)27-13-11-26(12-14-27)21-23-19-8-4-3-7-18(19)20(24-21)25-33(31,32)28-10-9-16-5-1-2-6-17(16)15-28/h1-8H,9-15H2,(H,29,30)(H,23,24,25). The van der Waals surface area contributed by atoms with E-state index in [1.54, 1.807) is 6.07 Å². The first-order valence-electron chi connectivity index (χ1n) is 10.7. The third-order valence-corrected chi connectivity index (χ3v) is 7.53. The Balaban J connectivity index is 1.43. The van der Waals surface area contributed by atoms with Crippen molar-refractivity contribution < 1.29 is 18.3 Å². The minimum absolute atomic E-state index is 0.218. The van der Waals surface area contributed by atoms with Crippen LogP contribution < -0.4 is 9.62 Å². The van der Waals surface area contributed by atoms with E-state index >= 15 is 0 Å². The highest BCUT2D eigenvalue weighted by atomic mass is 32.2. The van der Waals surface area contributed by atoms with Crippen LogP contribution in [0.3, 0.4) is 0 Å². The van der Waals surface area contributed by atoms with E-state index < -0.39 is 16.3 Å². The monoisotopic (exact) mass is 468 g/mol. The van der Waals surface area contributed by atoms with Crippen molar-refractivity contribution in [2.24, 2.45) is 0 Å². The van der Waals surface area contributed by atoms with Crippen LogP contribution in [0.5, 0.6) is 0 Å². The molecule has 0 atom stereocenters. The first-order chi connectivity index (χ1) is 15.9. The topological polar surface area (TPSA) is 119 Å². The predicted octanol–water partition coefficient (Wildman–Crippen LogP) is 2.14. The summed E-state index contributed by atoms with van der Waals surface area (Å²) in [6.07, 6.45) is -0.300. The lowest BCUT2D eigenvalue weighted by Crippen LogP contribution is -2.48. The summed E-state index contributed by atoms with van der Waals surface area (Å²) in [5.74, 6) is 0.593. The molecule has 0 unspecified atom stereocenters. The molecule has 10 nitrogen and oxygen atoms in total. The molecule has 2 aromatic carbocycles. The molecule has 1 aromatic heterocycles. The quantitative estimate of drug-likeness (QED) is 0.602. The van der Waals surface area contributed by atoms with Gasteiger partial charge in [0.2, 0.25) is 5.95 Å². The van der Waals surface area contributed by atoms with Crippen molar-refractivity contribution >= 4 is 39.0 Å². The van der Waals surface area contributed by atoms with Crippen LogP contribution in [0.15, 0.2) is 48.5 Å². The zero-order chi connectivity index (χ0) is 23.0. The molecule has 1 fully saturated rings. The van der Waals surface area contributed by atoms with Gasteiger partial charge in [0.1, 0.15) is 0 Å². The Morgan fingerprint density at radius 1 is 0.909 bits per heavy atom. The molecule has 172 valence electrons. The minimum atomic E-state index is -3.85. The normalized spacial score (nSPS) is 17.1. The third kappa shape index (κ3) is 4.29. The van der Waals surface area contributed by atoms with Gasteiger partial charge in [0.15, 0.2) is 5.82 Å². The van der Waals surface area contributed by atoms with E-state index in [-0.39, 0.29) is 5.82 Å². The third-order valence-electron chi connectivity index (χ3n) is 6.09. The van der Waals surface area contributed by atoms with Gasteiger partial charge in [0.25, 0.3) is 0 Å². The predicted molar refractivity (Wildman–Crippen MR) is 124 cm³/mol. The highest BCUT2D eigenvalue weighted by molar-refractivity contribution is 7.90. The second-order valence-corrected chi connectivity index (χ2v) is 9.78. The Kier molecular flexibility index (Phi) is 5.51. The minimum Gasteiger partial charge on any atom is -0.465 e. The summed E-state index contributed by atoms with van der Waals surface area (Å²) >= 11 is 0. The first-order valence-corrected chi connectivity index (χ1v) is 12.2. The Morgan fingerprint density at radius 3 is 2.36 bits per heavy atom. The largest absolute Gasteiger partial charge is 0.465 e. The van der Waals surface area contributed by atoms with Gasteiger partial charge < -0.3 is 14.9 Å². The highest BCUT2D eigenvalue weighted by Gasteiger charge is 2.28.